The van der Waals surface area contributed by atoms with Gasteiger partial charge in [-0.15, -0.1) is 0 Å². The molecule has 0 aromatic rings. The zero-order valence-corrected chi connectivity index (χ0v) is 18.0. The first-order valence-corrected chi connectivity index (χ1v) is 10.4. The van der Waals surface area contributed by atoms with Gasteiger partial charge < -0.3 is 27.1 Å². The lowest BCUT2D eigenvalue weighted by Gasteiger charge is -2.22. The molecule has 0 bridgehead atoms. The molecular formula is C15H36O6P2. The molecule has 0 aromatic heterocycles. The highest BCUT2D eigenvalue weighted by molar-refractivity contribution is 7.42. The molecule has 0 aliphatic rings. The van der Waals surface area contributed by atoms with Gasteiger partial charge in [0.15, 0.2) is 0 Å². The second-order valence-electron chi connectivity index (χ2n) is 5.16. The molecule has 0 spiro atoms. The zero-order chi connectivity index (χ0) is 18.3. The molecule has 8 heteroatoms. The molecule has 0 rings (SSSR count). The predicted molar refractivity (Wildman–Crippen MR) is 97.4 cm³/mol. The Morgan fingerprint density at radius 3 is 0.957 bits per heavy atom. The second-order valence-corrected chi connectivity index (χ2v) is 7.46. The van der Waals surface area contributed by atoms with Gasteiger partial charge in [-0.1, -0.05) is 0 Å². The van der Waals surface area contributed by atoms with Crippen LogP contribution in [0.25, 0.3) is 0 Å². The maximum atomic E-state index is 5.49. The SMILES string of the molecule is CC(C)OP(OC(C)C)OC(C)C.CCOP(OCC)OCC. The van der Waals surface area contributed by atoms with Crippen LogP contribution < -0.4 is 0 Å². The van der Waals surface area contributed by atoms with Crippen LogP contribution in [0.5, 0.6) is 0 Å². The molecule has 6 nitrogen and oxygen atoms in total. The fraction of sp³-hybridized carbons (Fsp3) is 1.00. The van der Waals surface area contributed by atoms with E-state index in [-0.39, 0.29) is 18.3 Å². The fourth-order valence-corrected chi connectivity index (χ4v) is 3.06. The fourth-order valence-electron chi connectivity index (χ4n) is 1.02. The Balaban J connectivity index is 0. The summed E-state index contributed by atoms with van der Waals surface area (Å²) < 4.78 is 31.9. The van der Waals surface area contributed by atoms with Crippen molar-refractivity contribution in [1.29, 1.82) is 0 Å². The molecule has 142 valence electrons. The minimum atomic E-state index is -1.18. The van der Waals surface area contributed by atoms with Crippen LogP contribution in [0.3, 0.4) is 0 Å². The lowest BCUT2D eigenvalue weighted by atomic mass is 10.5. The van der Waals surface area contributed by atoms with Crippen LogP contribution in [0.1, 0.15) is 62.3 Å². The molecular weight excluding hydrogens is 338 g/mol. The van der Waals surface area contributed by atoms with Gasteiger partial charge >= 0.3 is 17.2 Å². The number of hydrogen-bond donors (Lipinski definition) is 0. The Labute approximate surface area is 145 Å². The molecule has 0 aliphatic heterocycles. The van der Waals surface area contributed by atoms with Crippen molar-refractivity contribution in [2.45, 2.75) is 80.6 Å². The third kappa shape index (κ3) is 20.6. The van der Waals surface area contributed by atoms with Crippen LogP contribution >= 0.6 is 17.2 Å². The smallest absolute Gasteiger partial charge is 0.313 e. The molecule has 0 heterocycles. The Bertz CT molecular complexity index is 204. The number of rotatable bonds is 12. The first-order valence-electron chi connectivity index (χ1n) is 8.25. The van der Waals surface area contributed by atoms with Gasteiger partial charge in [-0.05, 0) is 62.3 Å². The Hall–Kier alpha value is 0.620. The Kier molecular flexibility index (Phi) is 19.6. The first-order chi connectivity index (χ1) is 10.8. The summed E-state index contributed by atoms with van der Waals surface area (Å²) in [5.74, 6) is 0. The molecule has 0 unspecified atom stereocenters. The Morgan fingerprint density at radius 1 is 0.522 bits per heavy atom. The van der Waals surface area contributed by atoms with Crippen LogP contribution in [0, 0.1) is 0 Å². The first kappa shape index (κ1) is 25.9. The standard InChI is InChI=1S/C9H21O3P.C6H15O3P/c1-7(2)10-13(11-8(3)4)12-9(5)6;1-4-7-10(8-5-2)9-6-3/h7-9H,1-6H3;4-6H2,1-3H3. The van der Waals surface area contributed by atoms with E-state index in [1.807, 2.05) is 62.3 Å². The van der Waals surface area contributed by atoms with Gasteiger partial charge in [-0.25, -0.2) is 0 Å². The summed E-state index contributed by atoms with van der Waals surface area (Å²) >= 11 is 0. The van der Waals surface area contributed by atoms with E-state index in [1.165, 1.54) is 0 Å². The summed E-state index contributed by atoms with van der Waals surface area (Å²) in [4.78, 5) is 0. The third-order valence-electron chi connectivity index (χ3n) is 1.59. The average molecular weight is 374 g/mol. The lowest BCUT2D eigenvalue weighted by Crippen LogP contribution is -2.09. The van der Waals surface area contributed by atoms with Gasteiger partial charge in [-0.2, -0.15) is 0 Å². The highest BCUT2D eigenvalue weighted by atomic mass is 31.2. The monoisotopic (exact) mass is 374 g/mol. The molecule has 0 amide bonds. The summed E-state index contributed by atoms with van der Waals surface area (Å²) in [6.07, 6.45) is 0.427. The molecule has 0 saturated carbocycles. The Morgan fingerprint density at radius 2 is 0.783 bits per heavy atom. The normalized spacial score (nSPS) is 11.7. The van der Waals surface area contributed by atoms with E-state index in [0.29, 0.717) is 19.8 Å². The molecule has 0 fully saturated rings. The van der Waals surface area contributed by atoms with E-state index in [4.69, 9.17) is 27.1 Å². The van der Waals surface area contributed by atoms with Gasteiger partial charge in [0.05, 0.1) is 38.1 Å². The van der Waals surface area contributed by atoms with Crippen molar-refractivity contribution in [3.63, 3.8) is 0 Å². The maximum Gasteiger partial charge on any atom is 0.333 e. The highest BCUT2D eigenvalue weighted by Crippen LogP contribution is 2.43. The van der Waals surface area contributed by atoms with E-state index >= 15 is 0 Å². The molecule has 0 atom stereocenters. The van der Waals surface area contributed by atoms with E-state index in [0.717, 1.165) is 0 Å². The van der Waals surface area contributed by atoms with Crippen molar-refractivity contribution in [2.75, 3.05) is 19.8 Å². The topological polar surface area (TPSA) is 55.4 Å². The van der Waals surface area contributed by atoms with Crippen molar-refractivity contribution >= 4 is 17.2 Å². The minimum absolute atomic E-state index is 0.142. The third-order valence-corrected chi connectivity index (χ3v) is 4.78. The van der Waals surface area contributed by atoms with E-state index in [1.54, 1.807) is 0 Å². The van der Waals surface area contributed by atoms with Gasteiger partial charge in [0.1, 0.15) is 0 Å². The van der Waals surface area contributed by atoms with E-state index < -0.39 is 17.2 Å². The summed E-state index contributed by atoms with van der Waals surface area (Å²) in [5, 5.41) is 0. The van der Waals surface area contributed by atoms with Crippen molar-refractivity contribution in [3.05, 3.63) is 0 Å². The van der Waals surface area contributed by atoms with Crippen molar-refractivity contribution in [2.24, 2.45) is 0 Å². The highest BCUT2D eigenvalue weighted by Gasteiger charge is 2.17. The number of hydrogen-bond acceptors (Lipinski definition) is 6. The van der Waals surface area contributed by atoms with Crippen molar-refractivity contribution < 1.29 is 27.1 Å². The predicted octanol–water partition coefficient (Wildman–Crippen LogP) is 5.81. The summed E-state index contributed by atoms with van der Waals surface area (Å²) in [6, 6.07) is 0. The quantitative estimate of drug-likeness (QED) is 0.402. The zero-order valence-electron chi connectivity index (χ0n) is 16.2. The molecule has 0 aliphatic carbocycles. The molecule has 0 aromatic carbocycles. The van der Waals surface area contributed by atoms with Crippen LogP contribution in [-0.4, -0.2) is 38.1 Å². The molecule has 0 N–H and O–H groups in total. The molecule has 23 heavy (non-hydrogen) atoms. The van der Waals surface area contributed by atoms with E-state index in [9.17, 15) is 0 Å². The van der Waals surface area contributed by atoms with E-state index in [2.05, 4.69) is 0 Å². The van der Waals surface area contributed by atoms with Gasteiger partial charge in [-0.3, -0.25) is 0 Å². The van der Waals surface area contributed by atoms with Crippen LogP contribution in [0.15, 0.2) is 0 Å². The van der Waals surface area contributed by atoms with Crippen LogP contribution in [0.2, 0.25) is 0 Å². The van der Waals surface area contributed by atoms with Crippen molar-refractivity contribution in [3.8, 4) is 0 Å². The lowest BCUT2D eigenvalue weighted by molar-refractivity contribution is 0.0945. The summed E-state index contributed by atoms with van der Waals surface area (Å²) in [6.45, 7) is 19.6. The summed E-state index contributed by atoms with van der Waals surface area (Å²) in [7, 11) is -2.24. The van der Waals surface area contributed by atoms with Gasteiger partial charge in [0.25, 0.3) is 0 Å². The van der Waals surface area contributed by atoms with Gasteiger partial charge in [0.2, 0.25) is 0 Å². The van der Waals surface area contributed by atoms with Crippen LogP contribution in [0.4, 0.5) is 0 Å². The largest absolute Gasteiger partial charge is 0.333 e. The van der Waals surface area contributed by atoms with Crippen LogP contribution in [-0.2, 0) is 27.1 Å². The van der Waals surface area contributed by atoms with Gasteiger partial charge in [0, 0.05) is 0 Å². The summed E-state index contributed by atoms with van der Waals surface area (Å²) in [5.41, 5.74) is 0. The molecule has 0 saturated heterocycles. The van der Waals surface area contributed by atoms with Crippen molar-refractivity contribution in [1.82, 2.24) is 0 Å². The minimum Gasteiger partial charge on any atom is -0.313 e. The second kappa shape index (κ2) is 17.4. The molecule has 0 radical (unpaired) electrons. The maximum absolute atomic E-state index is 5.49. The average Bonchev–Trinajstić information content (AvgIpc) is 2.37.